The summed E-state index contributed by atoms with van der Waals surface area (Å²) in [6.07, 6.45) is 5.18. The molecular weight excluding hydrogens is 352 g/mol. The molecule has 1 saturated carbocycles. The van der Waals surface area contributed by atoms with Gasteiger partial charge in [0.1, 0.15) is 0 Å². The minimum atomic E-state index is -0.0196. The zero-order valence-electron chi connectivity index (χ0n) is 14.7. The first kappa shape index (κ1) is 17.3. The fourth-order valence-electron chi connectivity index (χ4n) is 3.41. The molecule has 1 aliphatic carbocycles. The first-order valence-electron chi connectivity index (χ1n) is 9.27. The van der Waals surface area contributed by atoms with E-state index in [1.165, 1.54) is 12.8 Å². The van der Waals surface area contributed by atoms with Gasteiger partial charge in [-0.1, -0.05) is 28.9 Å². The van der Waals surface area contributed by atoms with Crippen molar-refractivity contribution in [3.05, 3.63) is 46.6 Å². The van der Waals surface area contributed by atoms with E-state index in [0.717, 1.165) is 43.7 Å². The van der Waals surface area contributed by atoms with Crippen molar-refractivity contribution in [3.63, 3.8) is 0 Å². The lowest BCUT2D eigenvalue weighted by Gasteiger charge is -2.32. The number of hydrogen-bond donors (Lipinski definition) is 1. The van der Waals surface area contributed by atoms with Crippen molar-refractivity contribution in [2.24, 2.45) is 5.92 Å². The summed E-state index contributed by atoms with van der Waals surface area (Å²) >= 11 is 5.89. The van der Waals surface area contributed by atoms with Gasteiger partial charge in [-0.2, -0.15) is 4.98 Å². The van der Waals surface area contributed by atoms with Crippen molar-refractivity contribution in [3.8, 4) is 0 Å². The Labute approximate surface area is 157 Å². The van der Waals surface area contributed by atoms with Crippen molar-refractivity contribution >= 4 is 17.6 Å². The van der Waals surface area contributed by atoms with Crippen LogP contribution in [0, 0.1) is 5.92 Å². The lowest BCUT2D eigenvalue weighted by atomic mass is 9.95. The predicted octanol–water partition coefficient (Wildman–Crippen LogP) is 3.76. The van der Waals surface area contributed by atoms with E-state index < -0.39 is 0 Å². The molecule has 4 rings (SSSR count). The molecular formula is C19H23ClN4O2. The zero-order chi connectivity index (χ0) is 17.9. The Bertz CT molecular complexity index is 757. The van der Waals surface area contributed by atoms with Crippen LogP contribution in [0.15, 0.2) is 28.8 Å². The molecule has 1 aromatic carbocycles. The number of nitrogens with one attached hydrogen (secondary N) is 1. The molecule has 1 atom stereocenters. The van der Waals surface area contributed by atoms with Crippen LogP contribution in [0.25, 0.3) is 0 Å². The number of piperidine rings is 1. The number of carbonyl (C=O) groups is 1. The van der Waals surface area contributed by atoms with Gasteiger partial charge < -0.3 is 14.7 Å². The number of urea groups is 1. The largest absolute Gasteiger partial charge is 0.339 e. The van der Waals surface area contributed by atoms with E-state index >= 15 is 0 Å². The number of likely N-dealkylation sites (tertiary alicyclic amines) is 1. The molecule has 2 aromatic rings. The second-order valence-corrected chi connectivity index (χ2v) is 7.70. The Kier molecular flexibility index (Phi) is 5.11. The van der Waals surface area contributed by atoms with Crippen molar-refractivity contribution in [1.29, 1.82) is 0 Å². The van der Waals surface area contributed by atoms with Crippen LogP contribution in [-0.4, -0.2) is 34.2 Å². The van der Waals surface area contributed by atoms with Gasteiger partial charge in [0.15, 0.2) is 5.82 Å². The fourth-order valence-corrected chi connectivity index (χ4v) is 3.54. The van der Waals surface area contributed by atoms with Crippen LogP contribution in [0.4, 0.5) is 4.79 Å². The summed E-state index contributed by atoms with van der Waals surface area (Å²) in [6.45, 7) is 2.03. The van der Waals surface area contributed by atoms with Gasteiger partial charge in [-0.3, -0.25) is 0 Å². The first-order chi connectivity index (χ1) is 12.7. The topological polar surface area (TPSA) is 71.3 Å². The third-order valence-electron chi connectivity index (χ3n) is 5.05. The molecule has 2 fully saturated rings. The maximum Gasteiger partial charge on any atom is 0.317 e. The average Bonchev–Trinajstić information content (AvgIpc) is 3.41. The Morgan fingerprint density at radius 1 is 1.27 bits per heavy atom. The molecule has 0 radical (unpaired) electrons. The smallest absolute Gasteiger partial charge is 0.317 e. The normalized spacial score (nSPS) is 20.2. The van der Waals surface area contributed by atoms with E-state index in [4.69, 9.17) is 16.1 Å². The number of nitrogens with zero attached hydrogens (tertiary/aromatic N) is 3. The number of halogens is 1. The van der Waals surface area contributed by atoms with Crippen LogP contribution in [0.2, 0.25) is 5.02 Å². The molecule has 1 N–H and O–H groups in total. The molecule has 1 saturated heterocycles. The van der Waals surface area contributed by atoms with Gasteiger partial charge in [-0.05, 0) is 49.3 Å². The monoisotopic (exact) mass is 374 g/mol. The summed E-state index contributed by atoms with van der Waals surface area (Å²) in [5, 5.41) is 7.77. The summed E-state index contributed by atoms with van der Waals surface area (Å²) in [7, 11) is 0. The third kappa shape index (κ3) is 4.36. The number of aromatic nitrogens is 2. The van der Waals surface area contributed by atoms with Gasteiger partial charge in [0.05, 0.1) is 0 Å². The molecule has 2 aliphatic rings. The molecule has 26 heavy (non-hydrogen) atoms. The lowest BCUT2D eigenvalue weighted by molar-refractivity contribution is 0.161. The first-order valence-corrected chi connectivity index (χ1v) is 9.65. The highest BCUT2D eigenvalue weighted by Crippen LogP contribution is 2.38. The van der Waals surface area contributed by atoms with Crippen LogP contribution in [0.1, 0.15) is 48.9 Å². The van der Waals surface area contributed by atoms with Crippen molar-refractivity contribution in [2.45, 2.75) is 44.6 Å². The number of amides is 2. The highest BCUT2D eigenvalue weighted by atomic mass is 35.5. The number of rotatable bonds is 5. The number of carbonyl (C=O) groups excluding carboxylic acids is 1. The van der Waals surface area contributed by atoms with E-state index in [1.807, 2.05) is 29.2 Å². The summed E-state index contributed by atoms with van der Waals surface area (Å²) in [5.74, 6) is 2.44. The molecule has 1 aromatic heterocycles. The van der Waals surface area contributed by atoms with Crippen molar-refractivity contribution in [1.82, 2.24) is 20.4 Å². The SMILES string of the molecule is O=C(NCc1ccc(Cl)cc1)N1CCCC(Cc2nc(C3CC3)no2)C1. The average molecular weight is 375 g/mol. The molecule has 138 valence electrons. The molecule has 2 amide bonds. The highest BCUT2D eigenvalue weighted by molar-refractivity contribution is 6.30. The number of benzene rings is 1. The molecule has 7 heteroatoms. The minimum absolute atomic E-state index is 0.0196. The molecule has 6 nitrogen and oxygen atoms in total. The van der Waals surface area contributed by atoms with Crippen molar-refractivity contribution in [2.75, 3.05) is 13.1 Å². The maximum absolute atomic E-state index is 12.5. The van der Waals surface area contributed by atoms with E-state index in [0.29, 0.717) is 29.3 Å². The molecule has 1 unspecified atom stereocenters. The summed E-state index contributed by atoms with van der Waals surface area (Å²) in [5.41, 5.74) is 1.04. The highest BCUT2D eigenvalue weighted by Gasteiger charge is 2.30. The Morgan fingerprint density at radius 2 is 2.08 bits per heavy atom. The number of hydrogen-bond acceptors (Lipinski definition) is 4. The van der Waals surface area contributed by atoms with Gasteiger partial charge in [-0.25, -0.2) is 4.79 Å². The van der Waals surface area contributed by atoms with E-state index in [-0.39, 0.29) is 6.03 Å². The minimum Gasteiger partial charge on any atom is -0.339 e. The van der Waals surface area contributed by atoms with Gasteiger partial charge in [0, 0.05) is 37.0 Å². The summed E-state index contributed by atoms with van der Waals surface area (Å²) < 4.78 is 5.39. The summed E-state index contributed by atoms with van der Waals surface area (Å²) in [4.78, 5) is 18.9. The van der Waals surface area contributed by atoms with Gasteiger partial charge in [-0.15, -0.1) is 0 Å². The van der Waals surface area contributed by atoms with E-state index in [2.05, 4.69) is 15.5 Å². The maximum atomic E-state index is 12.5. The van der Waals surface area contributed by atoms with E-state index in [9.17, 15) is 4.79 Å². The van der Waals surface area contributed by atoms with Gasteiger partial charge >= 0.3 is 6.03 Å². The van der Waals surface area contributed by atoms with Crippen LogP contribution in [0.3, 0.4) is 0 Å². The Hall–Kier alpha value is -2.08. The van der Waals surface area contributed by atoms with Crippen LogP contribution < -0.4 is 5.32 Å². The summed E-state index contributed by atoms with van der Waals surface area (Å²) in [6, 6.07) is 7.50. The van der Waals surface area contributed by atoms with Gasteiger partial charge in [0.25, 0.3) is 0 Å². The zero-order valence-corrected chi connectivity index (χ0v) is 15.4. The molecule has 0 bridgehead atoms. The fraction of sp³-hybridized carbons (Fsp3) is 0.526. The molecule has 0 spiro atoms. The second kappa shape index (κ2) is 7.66. The molecule has 1 aliphatic heterocycles. The predicted molar refractivity (Wildman–Crippen MR) is 98.0 cm³/mol. The lowest BCUT2D eigenvalue weighted by Crippen LogP contribution is -2.45. The Balaban J connectivity index is 1.27. The van der Waals surface area contributed by atoms with Crippen LogP contribution in [-0.2, 0) is 13.0 Å². The van der Waals surface area contributed by atoms with Crippen LogP contribution >= 0.6 is 11.6 Å². The van der Waals surface area contributed by atoms with Gasteiger partial charge in [0.2, 0.25) is 5.89 Å². The standard InChI is InChI=1S/C19H23ClN4O2/c20-16-7-3-13(4-8-16)11-21-19(25)24-9-1-2-14(12-24)10-17-22-18(23-26-17)15-5-6-15/h3-4,7-8,14-15H,1-2,5-6,9-12H2,(H,21,25). The second-order valence-electron chi connectivity index (χ2n) is 7.26. The Morgan fingerprint density at radius 3 is 2.85 bits per heavy atom. The molecule has 2 heterocycles. The third-order valence-corrected chi connectivity index (χ3v) is 5.30. The van der Waals surface area contributed by atoms with Crippen molar-refractivity contribution < 1.29 is 9.32 Å². The van der Waals surface area contributed by atoms with Crippen LogP contribution in [0.5, 0.6) is 0 Å². The quantitative estimate of drug-likeness (QED) is 0.864. The van der Waals surface area contributed by atoms with E-state index in [1.54, 1.807) is 0 Å².